The molecular formula is C7H11N3O. The van der Waals surface area contributed by atoms with Gasteiger partial charge in [-0.2, -0.15) is 0 Å². The summed E-state index contributed by atoms with van der Waals surface area (Å²) in [6.07, 6.45) is 1.12. The van der Waals surface area contributed by atoms with Crippen LogP contribution in [-0.4, -0.2) is 24.0 Å². The molecule has 1 aliphatic rings. The Hall–Kier alpha value is -1.03. The van der Waals surface area contributed by atoms with Crippen molar-refractivity contribution in [3.05, 3.63) is 0 Å². The topological polar surface area (TPSA) is 67.8 Å². The minimum Gasteiger partial charge on any atom is -0.309 e. The number of nitrogens with two attached hydrogens (primary N) is 1. The van der Waals surface area contributed by atoms with Gasteiger partial charge >= 0.3 is 0 Å². The zero-order valence-corrected chi connectivity index (χ0v) is 6.61. The number of hydrogen-bond donors (Lipinski definition) is 1. The van der Waals surface area contributed by atoms with Crippen molar-refractivity contribution in [1.29, 1.82) is 0 Å². The maximum atomic E-state index is 10.9. The number of nitrogens with zero attached hydrogens (tertiary/aromatic N) is 2. The third-order valence-electron chi connectivity index (χ3n) is 1.60. The van der Waals surface area contributed by atoms with E-state index < -0.39 is 6.17 Å². The fraction of sp³-hybridized carbons (Fsp3) is 0.571. The number of rotatable bonds is 1. The second-order valence-corrected chi connectivity index (χ2v) is 2.58. The van der Waals surface area contributed by atoms with Gasteiger partial charge in [0.15, 0.2) is 0 Å². The van der Waals surface area contributed by atoms with Crippen molar-refractivity contribution >= 4 is 17.8 Å². The average molecular weight is 153 g/mol. The van der Waals surface area contributed by atoms with Gasteiger partial charge in [-0.05, 0) is 13.8 Å². The third-order valence-corrected chi connectivity index (χ3v) is 1.60. The van der Waals surface area contributed by atoms with Crippen LogP contribution in [-0.2, 0) is 4.79 Å². The molecule has 0 spiro atoms. The fourth-order valence-corrected chi connectivity index (χ4v) is 0.951. The van der Waals surface area contributed by atoms with Crippen LogP contribution in [0.4, 0.5) is 0 Å². The average Bonchev–Trinajstić information content (AvgIpc) is 1.85. The Morgan fingerprint density at radius 3 is 2.82 bits per heavy atom. The van der Waals surface area contributed by atoms with E-state index in [0.29, 0.717) is 5.84 Å². The fourth-order valence-electron chi connectivity index (χ4n) is 0.951. The van der Waals surface area contributed by atoms with E-state index in [1.54, 1.807) is 13.1 Å². The lowest BCUT2D eigenvalue weighted by atomic mass is 10.0. The Labute approximate surface area is 65.2 Å². The van der Waals surface area contributed by atoms with Crippen molar-refractivity contribution < 1.29 is 4.79 Å². The number of amidine groups is 1. The molecule has 0 bridgehead atoms. The van der Waals surface area contributed by atoms with Crippen molar-refractivity contribution in [3.63, 3.8) is 0 Å². The zero-order valence-electron chi connectivity index (χ0n) is 6.61. The maximum Gasteiger partial charge on any atom is 0.141 e. The summed E-state index contributed by atoms with van der Waals surface area (Å²) in [5, 5.41) is 0. The van der Waals surface area contributed by atoms with Crippen LogP contribution in [0, 0.1) is 5.92 Å². The lowest BCUT2D eigenvalue weighted by Gasteiger charge is -2.17. The molecule has 4 heteroatoms. The molecular weight excluding hydrogens is 142 g/mol. The van der Waals surface area contributed by atoms with Gasteiger partial charge in [0.2, 0.25) is 0 Å². The minimum absolute atomic E-state index is 0.0116. The highest BCUT2D eigenvalue weighted by Crippen LogP contribution is 2.07. The number of hydrogen-bond acceptors (Lipinski definition) is 4. The van der Waals surface area contributed by atoms with Crippen LogP contribution in [0.15, 0.2) is 9.98 Å². The Balaban J connectivity index is 2.77. The standard InChI is InChI=1S/C7H11N3O/c1-4(11)6-3-9-5(2)10-7(6)8/h3,6-7H,8H2,1-2H3/t6?,7-/m1/s1. The lowest BCUT2D eigenvalue weighted by molar-refractivity contribution is -0.119. The van der Waals surface area contributed by atoms with Gasteiger partial charge in [-0.25, -0.2) is 4.99 Å². The van der Waals surface area contributed by atoms with Crippen molar-refractivity contribution in [3.8, 4) is 0 Å². The van der Waals surface area contributed by atoms with Gasteiger partial charge in [0.1, 0.15) is 17.8 Å². The Bertz CT molecular complexity index is 232. The monoisotopic (exact) mass is 153 g/mol. The first-order valence-corrected chi connectivity index (χ1v) is 3.46. The molecule has 0 aliphatic carbocycles. The highest BCUT2D eigenvalue weighted by atomic mass is 16.1. The normalized spacial score (nSPS) is 29.9. The molecule has 2 atom stereocenters. The van der Waals surface area contributed by atoms with E-state index in [1.165, 1.54) is 6.92 Å². The largest absolute Gasteiger partial charge is 0.309 e. The summed E-state index contributed by atoms with van der Waals surface area (Å²) in [5.41, 5.74) is 5.57. The van der Waals surface area contributed by atoms with Crippen LogP contribution < -0.4 is 5.73 Å². The maximum absolute atomic E-state index is 10.9. The smallest absolute Gasteiger partial charge is 0.141 e. The molecule has 0 aromatic carbocycles. The predicted molar refractivity (Wildman–Crippen MR) is 43.7 cm³/mol. The Morgan fingerprint density at radius 1 is 1.73 bits per heavy atom. The molecule has 0 aromatic heterocycles. The quantitative estimate of drug-likeness (QED) is 0.575. The third kappa shape index (κ3) is 1.71. The van der Waals surface area contributed by atoms with Crippen molar-refractivity contribution in [1.82, 2.24) is 0 Å². The van der Waals surface area contributed by atoms with Crippen LogP contribution in [0.2, 0.25) is 0 Å². The summed E-state index contributed by atoms with van der Waals surface area (Å²) in [7, 11) is 0. The SMILES string of the molecule is CC(=O)C1C=NC(C)=N[C@H]1N. The van der Waals surface area contributed by atoms with Crippen molar-refractivity contribution in [2.75, 3.05) is 0 Å². The molecule has 4 nitrogen and oxygen atoms in total. The van der Waals surface area contributed by atoms with Crippen LogP contribution in [0.3, 0.4) is 0 Å². The van der Waals surface area contributed by atoms with Gasteiger partial charge < -0.3 is 5.73 Å². The Kier molecular flexibility index (Phi) is 2.14. The van der Waals surface area contributed by atoms with E-state index in [-0.39, 0.29) is 11.7 Å². The zero-order chi connectivity index (χ0) is 8.43. The van der Waals surface area contributed by atoms with Crippen molar-refractivity contribution in [2.45, 2.75) is 20.0 Å². The van der Waals surface area contributed by atoms with Gasteiger partial charge in [0, 0.05) is 6.21 Å². The highest BCUT2D eigenvalue weighted by Gasteiger charge is 2.22. The molecule has 0 radical (unpaired) electrons. The summed E-state index contributed by atoms with van der Waals surface area (Å²) in [6.45, 7) is 3.25. The van der Waals surface area contributed by atoms with Crippen LogP contribution in [0.1, 0.15) is 13.8 Å². The first kappa shape index (κ1) is 8.07. The van der Waals surface area contributed by atoms with Crippen molar-refractivity contribution in [2.24, 2.45) is 21.6 Å². The molecule has 0 saturated heterocycles. The van der Waals surface area contributed by atoms with Crippen LogP contribution in [0.25, 0.3) is 0 Å². The summed E-state index contributed by atoms with van der Waals surface area (Å²) in [5.74, 6) is 0.311. The molecule has 11 heavy (non-hydrogen) atoms. The highest BCUT2D eigenvalue weighted by molar-refractivity contribution is 6.00. The van der Waals surface area contributed by atoms with E-state index in [0.717, 1.165) is 0 Å². The molecule has 60 valence electrons. The molecule has 1 rings (SSSR count). The summed E-state index contributed by atoms with van der Waals surface area (Å²) in [6, 6.07) is 0. The van der Waals surface area contributed by atoms with E-state index in [2.05, 4.69) is 9.98 Å². The molecule has 0 fully saturated rings. The molecule has 1 aliphatic heterocycles. The molecule has 2 N–H and O–H groups in total. The molecule has 1 heterocycles. The number of carbonyl (C=O) groups is 1. The van der Waals surface area contributed by atoms with Gasteiger partial charge in [0.25, 0.3) is 0 Å². The van der Waals surface area contributed by atoms with E-state index in [1.807, 2.05) is 0 Å². The molecule has 0 aromatic rings. The second kappa shape index (κ2) is 2.92. The van der Waals surface area contributed by atoms with Gasteiger partial charge in [-0.1, -0.05) is 0 Å². The number of Topliss-reactive ketones (excluding diaryl/α,β-unsaturated/α-hetero) is 1. The van der Waals surface area contributed by atoms with Gasteiger partial charge in [-0.3, -0.25) is 9.79 Å². The predicted octanol–water partition coefficient (Wildman–Crippen LogP) is -0.0208. The summed E-state index contributed by atoms with van der Waals surface area (Å²) >= 11 is 0. The lowest BCUT2D eigenvalue weighted by Crippen LogP contribution is -2.36. The number of ketones is 1. The van der Waals surface area contributed by atoms with Crippen LogP contribution in [0.5, 0.6) is 0 Å². The molecule has 1 unspecified atom stereocenters. The minimum atomic E-state index is -0.440. The van der Waals surface area contributed by atoms with Gasteiger partial charge in [-0.15, -0.1) is 0 Å². The number of carbonyl (C=O) groups excluding carboxylic acids is 1. The first-order chi connectivity index (χ1) is 5.11. The van der Waals surface area contributed by atoms with E-state index >= 15 is 0 Å². The van der Waals surface area contributed by atoms with E-state index in [4.69, 9.17) is 5.73 Å². The summed E-state index contributed by atoms with van der Waals surface area (Å²) in [4.78, 5) is 18.7. The first-order valence-electron chi connectivity index (χ1n) is 3.46. The summed E-state index contributed by atoms with van der Waals surface area (Å²) < 4.78 is 0. The molecule has 0 amide bonds. The van der Waals surface area contributed by atoms with Crippen LogP contribution >= 0.6 is 0 Å². The molecule has 0 saturated carbocycles. The Morgan fingerprint density at radius 2 is 2.36 bits per heavy atom. The number of aliphatic imine (C=N–C) groups is 2. The van der Waals surface area contributed by atoms with Gasteiger partial charge in [0.05, 0.1) is 5.92 Å². The van der Waals surface area contributed by atoms with E-state index in [9.17, 15) is 4.79 Å². The second-order valence-electron chi connectivity index (χ2n) is 2.58.